The molecule has 1 aromatic rings. The molecule has 4 heteroatoms. The van der Waals surface area contributed by atoms with E-state index >= 15 is 0 Å². The van der Waals surface area contributed by atoms with Crippen LogP contribution in [0, 0.1) is 5.82 Å². The summed E-state index contributed by atoms with van der Waals surface area (Å²) < 4.78 is 19.4. The maximum Gasteiger partial charge on any atom is 0.165 e. The van der Waals surface area contributed by atoms with Crippen molar-refractivity contribution in [1.29, 1.82) is 0 Å². The van der Waals surface area contributed by atoms with Crippen molar-refractivity contribution in [1.82, 2.24) is 5.32 Å². The van der Waals surface area contributed by atoms with Crippen molar-refractivity contribution in [3.05, 3.63) is 29.6 Å². The average molecular weight is 267 g/mol. The number of benzene rings is 1. The van der Waals surface area contributed by atoms with Crippen molar-refractivity contribution in [2.75, 3.05) is 13.2 Å². The molecule has 1 aliphatic heterocycles. The third kappa shape index (κ3) is 3.67. The van der Waals surface area contributed by atoms with Crippen LogP contribution in [0.25, 0.3) is 0 Å². The standard InChI is InChI=1S/C15H22FNO2/c1-15(2,3)10-4-5-14(13(16)6-10)19-9-11-7-12(18)8-17-11/h4-6,11-12,17-18H,7-9H2,1-3H3/t11?,12-/m1/s1. The summed E-state index contributed by atoms with van der Waals surface area (Å²) in [4.78, 5) is 0. The van der Waals surface area contributed by atoms with E-state index in [0.717, 1.165) is 5.56 Å². The maximum atomic E-state index is 13.9. The van der Waals surface area contributed by atoms with E-state index in [1.165, 1.54) is 6.07 Å². The van der Waals surface area contributed by atoms with Gasteiger partial charge in [-0.1, -0.05) is 26.8 Å². The summed E-state index contributed by atoms with van der Waals surface area (Å²) in [7, 11) is 0. The van der Waals surface area contributed by atoms with Gasteiger partial charge in [-0.15, -0.1) is 0 Å². The van der Waals surface area contributed by atoms with E-state index in [1.807, 2.05) is 26.8 Å². The Balaban J connectivity index is 1.98. The van der Waals surface area contributed by atoms with Crippen LogP contribution >= 0.6 is 0 Å². The fraction of sp³-hybridized carbons (Fsp3) is 0.600. The van der Waals surface area contributed by atoms with E-state index in [0.29, 0.717) is 19.6 Å². The zero-order valence-corrected chi connectivity index (χ0v) is 11.7. The van der Waals surface area contributed by atoms with Gasteiger partial charge in [0.1, 0.15) is 6.61 Å². The summed E-state index contributed by atoms with van der Waals surface area (Å²) in [5, 5.41) is 12.5. The summed E-state index contributed by atoms with van der Waals surface area (Å²) in [6.07, 6.45) is 0.337. The Morgan fingerprint density at radius 1 is 1.42 bits per heavy atom. The molecule has 106 valence electrons. The van der Waals surface area contributed by atoms with Crippen molar-refractivity contribution >= 4 is 0 Å². The highest BCUT2D eigenvalue weighted by Gasteiger charge is 2.23. The molecule has 1 unspecified atom stereocenters. The maximum absolute atomic E-state index is 13.9. The van der Waals surface area contributed by atoms with Crippen molar-refractivity contribution in [2.24, 2.45) is 0 Å². The number of hydrogen-bond donors (Lipinski definition) is 2. The first-order chi connectivity index (χ1) is 8.86. The van der Waals surface area contributed by atoms with Gasteiger partial charge in [0.25, 0.3) is 0 Å². The van der Waals surface area contributed by atoms with Gasteiger partial charge in [-0.2, -0.15) is 0 Å². The SMILES string of the molecule is CC(C)(C)c1ccc(OCC2C[C@@H](O)CN2)c(F)c1. The number of ether oxygens (including phenoxy) is 1. The van der Waals surface area contributed by atoms with Gasteiger partial charge in [0, 0.05) is 12.6 Å². The molecule has 1 fully saturated rings. The second-order valence-corrected chi connectivity index (χ2v) is 6.20. The van der Waals surface area contributed by atoms with Gasteiger partial charge < -0.3 is 15.2 Å². The lowest BCUT2D eigenvalue weighted by Gasteiger charge is -2.20. The Morgan fingerprint density at radius 2 is 2.16 bits per heavy atom. The number of β-amino-alcohol motifs (C(OH)–C–C–N with tert-alkyl or cyclic N) is 1. The quantitative estimate of drug-likeness (QED) is 0.882. The molecule has 0 bridgehead atoms. The van der Waals surface area contributed by atoms with Crippen LogP contribution in [0.3, 0.4) is 0 Å². The molecule has 0 aromatic heterocycles. The Bertz CT molecular complexity index is 442. The largest absolute Gasteiger partial charge is 0.489 e. The van der Waals surface area contributed by atoms with E-state index < -0.39 is 0 Å². The van der Waals surface area contributed by atoms with Crippen molar-refractivity contribution < 1.29 is 14.2 Å². The van der Waals surface area contributed by atoms with E-state index in [1.54, 1.807) is 6.07 Å². The van der Waals surface area contributed by atoms with Gasteiger partial charge in [0.2, 0.25) is 0 Å². The first-order valence-electron chi connectivity index (χ1n) is 6.70. The highest BCUT2D eigenvalue weighted by atomic mass is 19.1. The molecule has 2 rings (SSSR count). The second kappa shape index (κ2) is 5.47. The number of hydrogen-bond acceptors (Lipinski definition) is 3. The van der Waals surface area contributed by atoms with E-state index in [9.17, 15) is 9.50 Å². The summed E-state index contributed by atoms with van der Waals surface area (Å²) in [6.45, 7) is 7.10. The summed E-state index contributed by atoms with van der Waals surface area (Å²) in [6, 6.07) is 5.21. The minimum Gasteiger partial charge on any atom is -0.489 e. The Hall–Kier alpha value is -1.13. The molecule has 1 aliphatic rings. The van der Waals surface area contributed by atoms with Crippen molar-refractivity contribution in [3.63, 3.8) is 0 Å². The van der Waals surface area contributed by atoms with Crippen molar-refractivity contribution in [2.45, 2.75) is 44.8 Å². The lowest BCUT2D eigenvalue weighted by Crippen LogP contribution is -2.28. The molecular weight excluding hydrogens is 245 g/mol. The fourth-order valence-corrected chi connectivity index (χ4v) is 2.20. The summed E-state index contributed by atoms with van der Waals surface area (Å²) >= 11 is 0. The predicted octanol–water partition coefficient (Wildman–Crippen LogP) is 2.22. The molecule has 0 amide bonds. The molecular formula is C15H22FNO2. The lowest BCUT2D eigenvalue weighted by atomic mass is 9.87. The molecule has 1 aromatic carbocycles. The van der Waals surface area contributed by atoms with E-state index in [4.69, 9.17) is 4.74 Å². The fourth-order valence-electron chi connectivity index (χ4n) is 2.20. The molecule has 2 atom stereocenters. The van der Waals surface area contributed by atoms with Crippen molar-refractivity contribution in [3.8, 4) is 5.75 Å². The second-order valence-electron chi connectivity index (χ2n) is 6.20. The monoisotopic (exact) mass is 267 g/mol. The van der Waals surface area contributed by atoms with Gasteiger partial charge >= 0.3 is 0 Å². The van der Waals surface area contributed by atoms with Crippen LogP contribution in [-0.4, -0.2) is 30.4 Å². The first kappa shape index (κ1) is 14.3. The van der Waals surface area contributed by atoms with Crippen LogP contribution in [0.15, 0.2) is 18.2 Å². The minimum atomic E-state index is -0.328. The van der Waals surface area contributed by atoms with Gasteiger partial charge in [-0.05, 0) is 29.5 Å². The molecule has 0 spiro atoms. The summed E-state index contributed by atoms with van der Waals surface area (Å²) in [5.41, 5.74) is 0.878. The Morgan fingerprint density at radius 3 is 2.68 bits per heavy atom. The lowest BCUT2D eigenvalue weighted by molar-refractivity contribution is 0.186. The van der Waals surface area contributed by atoms with Crippen LogP contribution in [0.4, 0.5) is 4.39 Å². The third-order valence-corrected chi connectivity index (χ3v) is 3.44. The number of rotatable bonds is 3. The first-order valence-corrected chi connectivity index (χ1v) is 6.70. The molecule has 2 N–H and O–H groups in total. The van der Waals surface area contributed by atoms with Gasteiger partial charge in [-0.3, -0.25) is 0 Å². The normalized spacial score (nSPS) is 23.6. The van der Waals surface area contributed by atoms with Gasteiger partial charge in [0.05, 0.1) is 6.10 Å². The predicted molar refractivity (Wildman–Crippen MR) is 73.0 cm³/mol. The highest BCUT2D eigenvalue weighted by molar-refractivity contribution is 5.32. The number of aliphatic hydroxyl groups excluding tert-OH is 1. The van der Waals surface area contributed by atoms with Crippen LogP contribution in [-0.2, 0) is 5.41 Å². The van der Waals surface area contributed by atoms with Crippen LogP contribution < -0.4 is 10.1 Å². The zero-order valence-electron chi connectivity index (χ0n) is 11.7. The van der Waals surface area contributed by atoms with E-state index in [-0.39, 0.29) is 29.1 Å². The van der Waals surface area contributed by atoms with Crippen LogP contribution in [0.1, 0.15) is 32.8 Å². The van der Waals surface area contributed by atoms with Gasteiger partial charge in [0.15, 0.2) is 11.6 Å². The highest BCUT2D eigenvalue weighted by Crippen LogP contribution is 2.27. The van der Waals surface area contributed by atoms with Crippen LogP contribution in [0.2, 0.25) is 0 Å². The Labute approximate surface area is 113 Å². The van der Waals surface area contributed by atoms with Gasteiger partial charge in [-0.25, -0.2) is 4.39 Å². The number of halogens is 1. The molecule has 0 aliphatic carbocycles. The zero-order chi connectivity index (χ0) is 14.0. The molecule has 1 saturated heterocycles. The molecule has 0 radical (unpaired) electrons. The molecule has 19 heavy (non-hydrogen) atoms. The average Bonchev–Trinajstić information content (AvgIpc) is 2.72. The smallest absolute Gasteiger partial charge is 0.165 e. The molecule has 1 heterocycles. The van der Waals surface area contributed by atoms with Crippen LogP contribution in [0.5, 0.6) is 5.75 Å². The number of nitrogens with one attached hydrogen (secondary N) is 1. The Kier molecular flexibility index (Phi) is 4.11. The molecule has 3 nitrogen and oxygen atoms in total. The minimum absolute atomic E-state index is 0.0729. The van der Waals surface area contributed by atoms with E-state index in [2.05, 4.69) is 5.32 Å². The number of aliphatic hydroxyl groups is 1. The summed E-state index contributed by atoms with van der Waals surface area (Å²) in [5.74, 6) is -0.0536. The molecule has 0 saturated carbocycles. The topological polar surface area (TPSA) is 41.5 Å². The third-order valence-electron chi connectivity index (χ3n) is 3.44.